The van der Waals surface area contributed by atoms with Crippen molar-refractivity contribution in [1.82, 2.24) is 9.88 Å². The number of hydrogen-bond acceptors (Lipinski definition) is 4. The quantitative estimate of drug-likeness (QED) is 0.887. The van der Waals surface area contributed by atoms with Crippen LogP contribution in [0.25, 0.3) is 0 Å². The zero-order chi connectivity index (χ0) is 12.4. The molecule has 1 aromatic heterocycles. The number of carbonyl (C=O) groups is 1. The monoisotopic (exact) mass is 253 g/mol. The molecule has 0 radical (unpaired) electrons. The Labute approximate surface area is 106 Å². The highest BCUT2D eigenvalue weighted by atomic mass is 32.1. The molecule has 1 aliphatic heterocycles. The lowest BCUT2D eigenvalue weighted by atomic mass is 9.97. The minimum atomic E-state index is -0.160. The highest BCUT2D eigenvalue weighted by Gasteiger charge is 2.24. The third kappa shape index (κ3) is 3.04. The lowest BCUT2D eigenvalue weighted by molar-refractivity contribution is -0.123. The summed E-state index contributed by atoms with van der Waals surface area (Å²) in [7, 11) is 0. The van der Waals surface area contributed by atoms with Crippen LogP contribution in [-0.2, 0) is 11.3 Å². The minimum absolute atomic E-state index is 0.0260. The van der Waals surface area contributed by atoms with Crippen molar-refractivity contribution in [2.24, 2.45) is 11.7 Å². The Kier molecular flexibility index (Phi) is 3.79. The molecule has 1 saturated heterocycles. The van der Waals surface area contributed by atoms with Gasteiger partial charge in [-0.25, -0.2) is 4.98 Å². The summed E-state index contributed by atoms with van der Waals surface area (Å²) in [6.45, 7) is 6.84. The molecule has 0 aromatic carbocycles. The van der Waals surface area contributed by atoms with E-state index < -0.39 is 0 Å². The molecule has 1 fully saturated rings. The molecule has 1 atom stereocenters. The number of primary amides is 1. The molecule has 2 rings (SSSR count). The van der Waals surface area contributed by atoms with Crippen LogP contribution in [0.1, 0.15) is 28.4 Å². The van der Waals surface area contributed by atoms with E-state index in [0.717, 1.165) is 43.2 Å². The standard InChI is InChI=1S/C12H19N3OS/c1-8-11(17-9(2)14-8)7-15-5-3-4-10(6-15)12(13)16/h10H,3-7H2,1-2H3,(H2,13,16). The lowest BCUT2D eigenvalue weighted by Crippen LogP contribution is -2.40. The molecule has 17 heavy (non-hydrogen) atoms. The molecule has 0 spiro atoms. The molecule has 4 nitrogen and oxygen atoms in total. The Morgan fingerprint density at radius 1 is 1.59 bits per heavy atom. The average Bonchev–Trinajstić information content (AvgIpc) is 2.58. The number of rotatable bonds is 3. The van der Waals surface area contributed by atoms with Gasteiger partial charge in [0, 0.05) is 18.0 Å². The normalized spacial score (nSPS) is 21.6. The first-order chi connectivity index (χ1) is 8.06. The Morgan fingerprint density at radius 2 is 2.35 bits per heavy atom. The third-order valence-corrected chi connectivity index (χ3v) is 4.33. The average molecular weight is 253 g/mol. The van der Waals surface area contributed by atoms with E-state index in [4.69, 9.17) is 5.73 Å². The van der Waals surface area contributed by atoms with Gasteiger partial charge in [-0.3, -0.25) is 9.69 Å². The molecular weight excluding hydrogens is 234 g/mol. The van der Waals surface area contributed by atoms with Gasteiger partial charge in [0.15, 0.2) is 0 Å². The van der Waals surface area contributed by atoms with Crippen LogP contribution in [0.4, 0.5) is 0 Å². The molecule has 0 saturated carbocycles. The molecule has 2 N–H and O–H groups in total. The molecule has 0 bridgehead atoms. The summed E-state index contributed by atoms with van der Waals surface area (Å²) in [5.41, 5.74) is 6.50. The zero-order valence-corrected chi connectivity index (χ0v) is 11.2. The van der Waals surface area contributed by atoms with Crippen LogP contribution in [0.2, 0.25) is 0 Å². The van der Waals surface area contributed by atoms with E-state index in [9.17, 15) is 4.79 Å². The van der Waals surface area contributed by atoms with Crippen molar-refractivity contribution in [2.75, 3.05) is 13.1 Å². The fourth-order valence-electron chi connectivity index (χ4n) is 2.35. The molecule has 0 aliphatic carbocycles. The van der Waals surface area contributed by atoms with Crippen molar-refractivity contribution in [2.45, 2.75) is 33.2 Å². The molecule has 1 aliphatic rings. The first kappa shape index (κ1) is 12.5. The van der Waals surface area contributed by atoms with Crippen molar-refractivity contribution >= 4 is 17.2 Å². The van der Waals surface area contributed by atoms with Crippen molar-refractivity contribution in [1.29, 1.82) is 0 Å². The summed E-state index contributed by atoms with van der Waals surface area (Å²) in [4.78, 5) is 19.3. The highest BCUT2D eigenvalue weighted by molar-refractivity contribution is 7.11. The van der Waals surface area contributed by atoms with E-state index >= 15 is 0 Å². The number of nitrogens with two attached hydrogens (primary N) is 1. The van der Waals surface area contributed by atoms with Gasteiger partial charge in [0.2, 0.25) is 5.91 Å². The van der Waals surface area contributed by atoms with Crippen molar-refractivity contribution < 1.29 is 4.79 Å². The maximum atomic E-state index is 11.2. The van der Waals surface area contributed by atoms with Gasteiger partial charge in [-0.2, -0.15) is 0 Å². The Morgan fingerprint density at radius 3 is 2.94 bits per heavy atom. The number of piperidine rings is 1. The number of hydrogen-bond donors (Lipinski definition) is 1. The van der Waals surface area contributed by atoms with Gasteiger partial charge in [0.25, 0.3) is 0 Å². The van der Waals surface area contributed by atoms with Gasteiger partial charge in [0.05, 0.1) is 16.6 Å². The summed E-state index contributed by atoms with van der Waals surface area (Å²) in [6, 6.07) is 0. The predicted octanol–water partition coefficient (Wildman–Crippen LogP) is 1.46. The number of amides is 1. The molecular formula is C12H19N3OS. The minimum Gasteiger partial charge on any atom is -0.369 e. The van der Waals surface area contributed by atoms with Gasteiger partial charge in [-0.1, -0.05) is 0 Å². The number of aromatic nitrogens is 1. The summed E-state index contributed by atoms with van der Waals surface area (Å²) < 4.78 is 0. The SMILES string of the molecule is Cc1nc(C)c(CN2CCCC(C(N)=O)C2)s1. The summed E-state index contributed by atoms with van der Waals surface area (Å²) in [5.74, 6) is -0.134. The number of thiazole rings is 1. The van der Waals surface area contributed by atoms with Crippen LogP contribution in [0.15, 0.2) is 0 Å². The van der Waals surface area contributed by atoms with Crippen LogP contribution in [-0.4, -0.2) is 28.9 Å². The van der Waals surface area contributed by atoms with Crippen LogP contribution in [0.3, 0.4) is 0 Å². The van der Waals surface area contributed by atoms with Crippen molar-refractivity contribution in [3.63, 3.8) is 0 Å². The fraction of sp³-hybridized carbons (Fsp3) is 0.667. The van der Waals surface area contributed by atoms with E-state index in [-0.39, 0.29) is 11.8 Å². The number of likely N-dealkylation sites (tertiary alicyclic amines) is 1. The molecule has 94 valence electrons. The first-order valence-corrected chi connectivity index (χ1v) is 6.82. The van der Waals surface area contributed by atoms with E-state index in [0.29, 0.717) is 0 Å². The summed E-state index contributed by atoms with van der Waals surface area (Å²) in [6.07, 6.45) is 2.00. The van der Waals surface area contributed by atoms with Gasteiger partial charge in [-0.15, -0.1) is 11.3 Å². The maximum absolute atomic E-state index is 11.2. The van der Waals surface area contributed by atoms with E-state index in [2.05, 4.69) is 9.88 Å². The number of nitrogens with zero attached hydrogens (tertiary/aromatic N) is 2. The van der Waals surface area contributed by atoms with Crippen LogP contribution in [0, 0.1) is 19.8 Å². The Balaban J connectivity index is 1.99. The third-order valence-electron chi connectivity index (χ3n) is 3.27. The van der Waals surface area contributed by atoms with Crippen LogP contribution >= 0.6 is 11.3 Å². The van der Waals surface area contributed by atoms with Gasteiger partial charge in [0.1, 0.15) is 0 Å². The second-order valence-electron chi connectivity index (χ2n) is 4.72. The summed E-state index contributed by atoms with van der Waals surface area (Å²) in [5, 5.41) is 1.11. The van der Waals surface area contributed by atoms with Crippen LogP contribution < -0.4 is 5.73 Å². The van der Waals surface area contributed by atoms with Crippen molar-refractivity contribution in [3.8, 4) is 0 Å². The van der Waals surface area contributed by atoms with Gasteiger partial charge in [-0.05, 0) is 33.2 Å². The topological polar surface area (TPSA) is 59.2 Å². The first-order valence-electron chi connectivity index (χ1n) is 6.01. The maximum Gasteiger partial charge on any atom is 0.221 e. The van der Waals surface area contributed by atoms with E-state index in [1.165, 1.54) is 4.88 Å². The second-order valence-corrected chi connectivity index (χ2v) is 6.01. The molecule has 1 aromatic rings. The number of aryl methyl sites for hydroxylation is 2. The summed E-state index contributed by atoms with van der Waals surface area (Å²) >= 11 is 1.75. The van der Waals surface area contributed by atoms with Gasteiger partial charge >= 0.3 is 0 Å². The molecule has 2 heterocycles. The molecule has 5 heteroatoms. The lowest BCUT2D eigenvalue weighted by Gasteiger charge is -2.30. The van der Waals surface area contributed by atoms with E-state index in [1.54, 1.807) is 11.3 Å². The fourth-order valence-corrected chi connectivity index (χ4v) is 3.33. The molecule has 1 amide bonds. The van der Waals surface area contributed by atoms with Crippen LogP contribution in [0.5, 0.6) is 0 Å². The van der Waals surface area contributed by atoms with Crippen molar-refractivity contribution in [3.05, 3.63) is 15.6 Å². The second kappa shape index (κ2) is 5.14. The Bertz CT molecular complexity index is 416. The number of carbonyl (C=O) groups excluding carboxylic acids is 1. The largest absolute Gasteiger partial charge is 0.369 e. The highest BCUT2D eigenvalue weighted by Crippen LogP contribution is 2.23. The Hall–Kier alpha value is -0.940. The zero-order valence-electron chi connectivity index (χ0n) is 10.4. The van der Waals surface area contributed by atoms with Gasteiger partial charge < -0.3 is 5.73 Å². The smallest absolute Gasteiger partial charge is 0.221 e. The predicted molar refractivity (Wildman–Crippen MR) is 68.8 cm³/mol. The molecule has 1 unspecified atom stereocenters. The van der Waals surface area contributed by atoms with E-state index in [1.807, 2.05) is 13.8 Å².